The second-order valence-electron chi connectivity index (χ2n) is 4.83. The van der Waals surface area contributed by atoms with Gasteiger partial charge in [0.05, 0.1) is 0 Å². The molecule has 0 radical (unpaired) electrons. The number of nitrogens with one attached hydrogen (secondary N) is 1. The first kappa shape index (κ1) is 12.8. The highest BCUT2D eigenvalue weighted by atomic mass is 19.1. The first-order valence-corrected chi connectivity index (χ1v) is 6.38. The molecule has 0 bridgehead atoms. The smallest absolute Gasteiger partial charge is 0.163 e. The van der Waals surface area contributed by atoms with E-state index in [2.05, 4.69) is 5.32 Å². The number of benzene rings is 1. The molecule has 0 aliphatic heterocycles. The zero-order valence-electron chi connectivity index (χ0n) is 10.6. The summed E-state index contributed by atoms with van der Waals surface area (Å²) in [5.41, 5.74) is 1.89. The van der Waals surface area contributed by atoms with E-state index < -0.39 is 0 Å². The van der Waals surface area contributed by atoms with Gasteiger partial charge >= 0.3 is 0 Å². The summed E-state index contributed by atoms with van der Waals surface area (Å²) in [4.78, 5) is 11.9. The quantitative estimate of drug-likeness (QED) is 0.831. The molecule has 18 heavy (non-hydrogen) atoms. The average Bonchev–Trinajstić information content (AvgIpc) is 2.37. The lowest BCUT2D eigenvalue weighted by atomic mass is 9.86. The van der Waals surface area contributed by atoms with E-state index in [0.29, 0.717) is 6.54 Å². The van der Waals surface area contributed by atoms with E-state index >= 15 is 0 Å². The van der Waals surface area contributed by atoms with Gasteiger partial charge in [0.15, 0.2) is 5.78 Å². The van der Waals surface area contributed by atoms with Gasteiger partial charge in [-0.05, 0) is 37.0 Å². The molecular formula is C15H18FNO. The van der Waals surface area contributed by atoms with Gasteiger partial charge in [0, 0.05) is 24.2 Å². The van der Waals surface area contributed by atoms with E-state index in [9.17, 15) is 9.18 Å². The largest absolute Gasteiger partial charge is 0.386 e. The minimum Gasteiger partial charge on any atom is -0.386 e. The van der Waals surface area contributed by atoms with Crippen LogP contribution in [0.15, 0.2) is 36.0 Å². The average molecular weight is 247 g/mol. The third-order valence-corrected chi connectivity index (χ3v) is 3.34. The van der Waals surface area contributed by atoms with E-state index in [4.69, 9.17) is 0 Å². The molecule has 1 aliphatic carbocycles. The Morgan fingerprint density at radius 3 is 2.83 bits per heavy atom. The molecule has 0 spiro atoms. The number of halogens is 1. The van der Waals surface area contributed by atoms with E-state index in [1.165, 1.54) is 12.1 Å². The number of hydrogen-bond donors (Lipinski definition) is 1. The van der Waals surface area contributed by atoms with E-state index in [-0.39, 0.29) is 17.5 Å². The molecule has 1 fully saturated rings. The van der Waals surface area contributed by atoms with Gasteiger partial charge in [-0.15, -0.1) is 0 Å². The number of hydrogen-bond acceptors (Lipinski definition) is 2. The highest BCUT2D eigenvalue weighted by molar-refractivity contribution is 5.97. The first-order chi connectivity index (χ1) is 8.66. The van der Waals surface area contributed by atoms with Crippen molar-refractivity contribution < 1.29 is 9.18 Å². The van der Waals surface area contributed by atoms with Gasteiger partial charge in [-0.3, -0.25) is 4.79 Å². The molecule has 1 aliphatic rings. The fourth-order valence-electron chi connectivity index (χ4n) is 2.21. The van der Waals surface area contributed by atoms with Crippen LogP contribution in [0.1, 0.15) is 31.7 Å². The predicted octanol–water partition coefficient (Wildman–Crippen LogP) is 3.19. The van der Waals surface area contributed by atoms with Crippen molar-refractivity contribution in [3.63, 3.8) is 0 Å². The monoisotopic (exact) mass is 247 g/mol. The lowest BCUT2D eigenvalue weighted by Crippen LogP contribution is -2.20. The maximum Gasteiger partial charge on any atom is 0.163 e. The van der Waals surface area contributed by atoms with Gasteiger partial charge in [0.25, 0.3) is 0 Å². The Morgan fingerprint density at radius 2 is 2.11 bits per heavy atom. The van der Waals surface area contributed by atoms with Crippen LogP contribution in [0, 0.1) is 11.7 Å². The van der Waals surface area contributed by atoms with Crippen LogP contribution in [0.25, 0.3) is 0 Å². The summed E-state index contributed by atoms with van der Waals surface area (Å²) in [6, 6.07) is 6.37. The normalized spacial score (nSPS) is 22.2. The van der Waals surface area contributed by atoms with Crippen LogP contribution in [0.2, 0.25) is 0 Å². The molecule has 0 aromatic heterocycles. The maximum absolute atomic E-state index is 12.7. The third kappa shape index (κ3) is 3.19. The zero-order chi connectivity index (χ0) is 13.0. The first-order valence-electron chi connectivity index (χ1n) is 6.38. The molecule has 0 unspecified atom stereocenters. The Balaban J connectivity index is 1.90. The maximum atomic E-state index is 12.7. The Morgan fingerprint density at radius 1 is 1.39 bits per heavy atom. The van der Waals surface area contributed by atoms with E-state index in [1.54, 1.807) is 12.1 Å². The Bertz CT molecular complexity index is 450. The van der Waals surface area contributed by atoms with Gasteiger partial charge in [0.2, 0.25) is 0 Å². The molecule has 3 heteroatoms. The number of ketones is 1. The number of carbonyl (C=O) groups excluding carboxylic acids is 1. The number of Topliss-reactive ketones (excluding diaryl/α,β-unsaturated/α-hetero) is 1. The minimum absolute atomic E-state index is 0.151. The summed E-state index contributed by atoms with van der Waals surface area (Å²) < 4.78 is 12.7. The molecule has 0 amide bonds. The Hall–Kier alpha value is -1.64. The highest BCUT2D eigenvalue weighted by Gasteiger charge is 2.22. The van der Waals surface area contributed by atoms with Gasteiger partial charge in [-0.2, -0.15) is 0 Å². The summed E-state index contributed by atoms with van der Waals surface area (Å²) >= 11 is 0. The molecule has 0 saturated heterocycles. The van der Waals surface area contributed by atoms with Crippen molar-refractivity contribution in [3.8, 4) is 0 Å². The summed E-state index contributed by atoms with van der Waals surface area (Å²) in [7, 11) is 0. The summed E-state index contributed by atoms with van der Waals surface area (Å²) in [6.45, 7) is 2.60. The lowest BCUT2D eigenvalue weighted by Gasteiger charge is -2.19. The Labute approximate surface area is 107 Å². The molecular weight excluding hydrogens is 229 g/mol. The van der Waals surface area contributed by atoms with Crippen molar-refractivity contribution in [2.75, 3.05) is 0 Å². The molecule has 1 saturated carbocycles. The molecule has 1 aromatic carbocycles. The van der Waals surface area contributed by atoms with Gasteiger partial charge in [-0.1, -0.05) is 19.1 Å². The van der Waals surface area contributed by atoms with Crippen LogP contribution in [0.5, 0.6) is 0 Å². The lowest BCUT2D eigenvalue weighted by molar-refractivity contribution is -0.119. The van der Waals surface area contributed by atoms with Crippen LogP contribution in [0.4, 0.5) is 4.39 Å². The second-order valence-corrected chi connectivity index (χ2v) is 4.83. The van der Waals surface area contributed by atoms with Crippen molar-refractivity contribution >= 4 is 5.78 Å². The molecule has 1 N–H and O–H groups in total. The standard InChI is InChI=1S/C15H18FNO/c1-11-3-2-4-13(15(11)18)10-17-9-12-5-7-14(16)8-6-12/h5-8,10-11,17H,2-4,9H2,1H3/b13-10-/t11-/m0/s1. The van der Waals surface area contributed by atoms with Crippen molar-refractivity contribution in [1.82, 2.24) is 5.32 Å². The molecule has 1 atom stereocenters. The van der Waals surface area contributed by atoms with Gasteiger partial charge < -0.3 is 5.32 Å². The fourth-order valence-corrected chi connectivity index (χ4v) is 2.21. The molecule has 96 valence electrons. The number of allylic oxidation sites excluding steroid dienone is 1. The topological polar surface area (TPSA) is 29.1 Å². The summed E-state index contributed by atoms with van der Waals surface area (Å²) in [5, 5.41) is 3.14. The molecule has 2 rings (SSSR count). The van der Waals surface area contributed by atoms with Crippen LogP contribution in [-0.2, 0) is 11.3 Å². The van der Waals surface area contributed by atoms with Gasteiger partial charge in [0.1, 0.15) is 5.82 Å². The van der Waals surface area contributed by atoms with E-state index in [0.717, 1.165) is 30.4 Å². The predicted molar refractivity (Wildman–Crippen MR) is 69.3 cm³/mol. The van der Waals surface area contributed by atoms with Crippen molar-refractivity contribution in [1.29, 1.82) is 0 Å². The van der Waals surface area contributed by atoms with Crippen LogP contribution >= 0.6 is 0 Å². The highest BCUT2D eigenvalue weighted by Crippen LogP contribution is 2.24. The molecule has 1 aromatic rings. The fraction of sp³-hybridized carbons (Fsp3) is 0.400. The van der Waals surface area contributed by atoms with Crippen molar-refractivity contribution in [2.45, 2.75) is 32.7 Å². The van der Waals surface area contributed by atoms with Crippen molar-refractivity contribution in [3.05, 3.63) is 47.4 Å². The summed E-state index contributed by atoms with van der Waals surface area (Å²) in [6.07, 6.45) is 4.76. The van der Waals surface area contributed by atoms with Crippen molar-refractivity contribution in [2.24, 2.45) is 5.92 Å². The Kier molecular flexibility index (Phi) is 4.13. The number of carbonyl (C=O) groups is 1. The molecule has 0 heterocycles. The van der Waals surface area contributed by atoms with E-state index in [1.807, 2.05) is 13.1 Å². The minimum atomic E-state index is -0.228. The van der Waals surface area contributed by atoms with Gasteiger partial charge in [-0.25, -0.2) is 4.39 Å². The SMILES string of the molecule is C[C@H]1CCC/C(=C/NCc2ccc(F)cc2)C1=O. The zero-order valence-corrected chi connectivity index (χ0v) is 10.6. The summed E-state index contributed by atoms with van der Waals surface area (Å²) in [5.74, 6) is 0.180. The van der Waals surface area contributed by atoms with Crippen LogP contribution < -0.4 is 5.32 Å². The second kappa shape index (κ2) is 5.80. The number of rotatable bonds is 3. The van der Waals surface area contributed by atoms with Crippen LogP contribution in [-0.4, -0.2) is 5.78 Å². The van der Waals surface area contributed by atoms with Crippen LogP contribution in [0.3, 0.4) is 0 Å². The third-order valence-electron chi connectivity index (χ3n) is 3.34. The molecule has 2 nitrogen and oxygen atoms in total.